The minimum atomic E-state index is -4.40. The van der Waals surface area contributed by atoms with Crippen LogP contribution in [0.4, 0.5) is 29.3 Å². The van der Waals surface area contributed by atoms with Gasteiger partial charge >= 0.3 is 12.3 Å². The summed E-state index contributed by atoms with van der Waals surface area (Å²) in [5.41, 5.74) is 0.175. The van der Waals surface area contributed by atoms with Gasteiger partial charge in [-0.05, 0) is 49.2 Å². The maximum absolute atomic E-state index is 12.8. The molecule has 2 N–H and O–H groups in total. The number of anilines is 2. The molecular weight excluding hydrogens is 401 g/mol. The fourth-order valence-corrected chi connectivity index (χ4v) is 2.97. The van der Waals surface area contributed by atoms with Gasteiger partial charge in [0.15, 0.2) is 0 Å². The summed E-state index contributed by atoms with van der Waals surface area (Å²) < 4.78 is 48.7. The van der Waals surface area contributed by atoms with E-state index in [4.69, 9.17) is 4.42 Å². The zero-order chi connectivity index (χ0) is 21.4. The molecule has 2 aromatic carbocycles. The minimum Gasteiger partial charge on any atom is -0.453 e. The molecule has 0 saturated heterocycles. The maximum Gasteiger partial charge on any atom is 0.416 e. The van der Waals surface area contributed by atoms with Crippen molar-refractivity contribution in [3.05, 3.63) is 60.0 Å². The molecule has 0 unspecified atom stereocenters. The fourth-order valence-electron chi connectivity index (χ4n) is 2.97. The number of amides is 1. The van der Waals surface area contributed by atoms with E-state index >= 15 is 0 Å². The summed E-state index contributed by atoms with van der Waals surface area (Å²) in [6.07, 6.45) is -3.69. The van der Waals surface area contributed by atoms with Gasteiger partial charge in [-0.1, -0.05) is 12.1 Å². The molecule has 1 aliphatic rings. The Bertz CT molecular complexity index is 1060. The highest BCUT2D eigenvalue weighted by Crippen LogP contribution is 2.45. The lowest BCUT2D eigenvalue weighted by atomic mass is 10.1. The van der Waals surface area contributed by atoms with E-state index in [1.54, 1.807) is 24.3 Å². The zero-order valence-corrected chi connectivity index (χ0v) is 15.8. The van der Waals surface area contributed by atoms with Crippen molar-refractivity contribution in [1.29, 1.82) is 0 Å². The van der Waals surface area contributed by atoms with E-state index in [1.165, 1.54) is 19.2 Å². The van der Waals surface area contributed by atoms with Crippen LogP contribution >= 0.6 is 0 Å². The standard InChI is InChI=1S/C20H17F3N4O3/c1-29-18(28)25-19(10-11-19)17-27-26-16(30-17)14-4-2-3-5-15(14)24-13-8-6-12(7-9-13)20(21,22)23/h2-9,24H,10-11H2,1H3,(H,25,28). The first-order chi connectivity index (χ1) is 14.3. The number of nitrogens with zero attached hydrogens (tertiary/aromatic N) is 2. The van der Waals surface area contributed by atoms with Gasteiger partial charge in [0.2, 0.25) is 11.8 Å². The first-order valence-corrected chi connectivity index (χ1v) is 9.04. The Hall–Kier alpha value is -3.56. The van der Waals surface area contributed by atoms with E-state index in [0.29, 0.717) is 29.8 Å². The van der Waals surface area contributed by atoms with Crippen LogP contribution in [0.5, 0.6) is 0 Å². The van der Waals surface area contributed by atoms with E-state index in [-0.39, 0.29) is 11.8 Å². The molecule has 0 atom stereocenters. The lowest BCUT2D eigenvalue weighted by molar-refractivity contribution is -0.137. The quantitative estimate of drug-likeness (QED) is 0.616. The summed E-state index contributed by atoms with van der Waals surface area (Å²) in [6.45, 7) is 0. The summed E-state index contributed by atoms with van der Waals surface area (Å²) in [7, 11) is 1.27. The minimum absolute atomic E-state index is 0.220. The molecule has 1 aromatic heterocycles. The molecule has 30 heavy (non-hydrogen) atoms. The van der Waals surface area contributed by atoms with Gasteiger partial charge in [-0.25, -0.2) is 4.79 Å². The van der Waals surface area contributed by atoms with E-state index in [1.807, 2.05) is 0 Å². The number of nitrogens with one attached hydrogen (secondary N) is 2. The molecule has 1 aliphatic carbocycles. The second-order valence-corrected chi connectivity index (χ2v) is 6.86. The van der Waals surface area contributed by atoms with Gasteiger partial charge in [-0.3, -0.25) is 0 Å². The molecule has 0 bridgehead atoms. The van der Waals surface area contributed by atoms with Crippen LogP contribution in [0.25, 0.3) is 11.5 Å². The number of carbonyl (C=O) groups is 1. The number of rotatable bonds is 5. The molecule has 0 radical (unpaired) electrons. The summed E-state index contributed by atoms with van der Waals surface area (Å²) >= 11 is 0. The number of benzene rings is 2. The van der Waals surface area contributed by atoms with Crippen LogP contribution in [0.2, 0.25) is 0 Å². The van der Waals surface area contributed by atoms with Crippen molar-refractivity contribution in [2.45, 2.75) is 24.6 Å². The molecule has 1 fully saturated rings. The van der Waals surface area contributed by atoms with Gasteiger partial charge in [0.1, 0.15) is 5.54 Å². The van der Waals surface area contributed by atoms with Crippen molar-refractivity contribution >= 4 is 17.5 Å². The van der Waals surface area contributed by atoms with Crippen LogP contribution in [0.15, 0.2) is 52.9 Å². The molecule has 1 amide bonds. The van der Waals surface area contributed by atoms with Crippen LogP contribution in [0.3, 0.4) is 0 Å². The van der Waals surface area contributed by atoms with E-state index < -0.39 is 23.4 Å². The molecular formula is C20H17F3N4O3. The summed E-state index contributed by atoms with van der Waals surface area (Å²) in [4.78, 5) is 11.6. The highest BCUT2D eigenvalue weighted by atomic mass is 19.4. The zero-order valence-electron chi connectivity index (χ0n) is 15.8. The van der Waals surface area contributed by atoms with Crippen LogP contribution < -0.4 is 10.6 Å². The van der Waals surface area contributed by atoms with Crippen LogP contribution in [0.1, 0.15) is 24.3 Å². The molecule has 1 saturated carbocycles. The summed E-state index contributed by atoms with van der Waals surface area (Å²) in [6, 6.07) is 11.7. The Morgan fingerprint density at radius 1 is 1.10 bits per heavy atom. The monoisotopic (exact) mass is 418 g/mol. The van der Waals surface area contributed by atoms with E-state index in [9.17, 15) is 18.0 Å². The average molecular weight is 418 g/mol. The Labute approximate surface area is 169 Å². The smallest absolute Gasteiger partial charge is 0.416 e. The Morgan fingerprint density at radius 3 is 2.43 bits per heavy atom. The third-order valence-electron chi connectivity index (χ3n) is 4.76. The Kier molecular flexibility index (Phi) is 4.84. The lowest BCUT2D eigenvalue weighted by Crippen LogP contribution is -2.34. The number of hydrogen-bond acceptors (Lipinski definition) is 6. The fraction of sp³-hybridized carbons (Fsp3) is 0.250. The van der Waals surface area contributed by atoms with Gasteiger partial charge in [-0.15, -0.1) is 10.2 Å². The van der Waals surface area contributed by atoms with E-state index in [2.05, 4.69) is 25.6 Å². The first kappa shape index (κ1) is 19.7. The molecule has 156 valence electrons. The molecule has 7 nitrogen and oxygen atoms in total. The number of aromatic nitrogens is 2. The van der Waals surface area contributed by atoms with Crippen molar-refractivity contribution in [3.8, 4) is 11.5 Å². The van der Waals surface area contributed by atoms with Crippen molar-refractivity contribution < 1.29 is 27.1 Å². The van der Waals surface area contributed by atoms with Gasteiger partial charge in [0, 0.05) is 5.69 Å². The highest BCUT2D eigenvalue weighted by molar-refractivity contribution is 5.77. The van der Waals surface area contributed by atoms with Gasteiger partial charge in [0.05, 0.1) is 23.9 Å². The number of hydrogen-bond donors (Lipinski definition) is 2. The third-order valence-corrected chi connectivity index (χ3v) is 4.76. The largest absolute Gasteiger partial charge is 0.453 e. The summed E-state index contributed by atoms with van der Waals surface area (Å²) in [5, 5.41) is 13.9. The van der Waals surface area contributed by atoms with Crippen molar-refractivity contribution in [2.75, 3.05) is 12.4 Å². The van der Waals surface area contributed by atoms with E-state index in [0.717, 1.165) is 12.1 Å². The molecule has 3 aromatic rings. The first-order valence-electron chi connectivity index (χ1n) is 9.04. The summed E-state index contributed by atoms with van der Waals surface area (Å²) in [5.74, 6) is 0.491. The Balaban J connectivity index is 1.57. The Morgan fingerprint density at radius 2 is 1.80 bits per heavy atom. The van der Waals surface area contributed by atoms with Gasteiger partial charge in [-0.2, -0.15) is 13.2 Å². The highest BCUT2D eigenvalue weighted by Gasteiger charge is 2.51. The number of carbonyl (C=O) groups excluding carboxylic acids is 1. The number of para-hydroxylation sites is 1. The SMILES string of the molecule is COC(=O)NC1(c2nnc(-c3ccccc3Nc3ccc(C(F)(F)F)cc3)o2)CC1. The number of methoxy groups -OCH3 is 1. The van der Waals surface area contributed by atoms with Crippen LogP contribution in [-0.2, 0) is 16.5 Å². The molecule has 10 heteroatoms. The number of ether oxygens (including phenoxy) is 1. The van der Waals surface area contributed by atoms with Crippen molar-refractivity contribution in [1.82, 2.24) is 15.5 Å². The second-order valence-electron chi connectivity index (χ2n) is 6.86. The van der Waals surface area contributed by atoms with Gasteiger partial charge < -0.3 is 19.8 Å². The number of alkyl carbamates (subject to hydrolysis) is 1. The lowest BCUT2D eigenvalue weighted by Gasteiger charge is -2.12. The average Bonchev–Trinajstić information content (AvgIpc) is 3.32. The third kappa shape index (κ3) is 3.93. The van der Waals surface area contributed by atoms with Crippen LogP contribution in [-0.4, -0.2) is 23.4 Å². The predicted octanol–water partition coefficient (Wildman–Crippen LogP) is 4.84. The molecule has 0 spiro atoms. The van der Waals surface area contributed by atoms with Crippen molar-refractivity contribution in [3.63, 3.8) is 0 Å². The normalized spacial score (nSPS) is 14.8. The molecule has 0 aliphatic heterocycles. The second kappa shape index (κ2) is 7.36. The molecule has 1 heterocycles. The van der Waals surface area contributed by atoms with Crippen molar-refractivity contribution in [2.24, 2.45) is 0 Å². The predicted molar refractivity (Wildman–Crippen MR) is 101 cm³/mol. The van der Waals surface area contributed by atoms with Gasteiger partial charge in [0.25, 0.3) is 0 Å². The molecule has 4 rings (SSSR count). The maximum atomic E-state index is 12.8. The number of alkyl halides is 3. The van der Waals surface area contributed by atoms with Crippen LogP contribution in [0, 0.1) is 0 Å². The topological polar surface area (TPSA) is 89.3 Å². The number of halogens is 3.